The molecule has 1 amide bonds. The summed E-state index contributed by atoms with van der Waals surface area (Å²) in [7, 11) is 0. The van der Waals surface area contributed by atoms with E-state index in [0.717, 1.165) is 5.76 Å². The van der Waals surface area contributed by atoms with Crippen LogP contribution in [0, 0.1) is 13.8 Å². The van der Waals surface area contributed by atoms with Gasteiger partial charge in [-0.3, -0.25) is 14.9 Å². The first-order valence-corrected chi connectivity index (χ1v) is 6.44. The second-order valence-corrected chi connectivity index (χ2v) is 4.64. The summed E-state index contributed by atoms with van der Waals surface area (Å²) in [5, 5.41) is 10.1. The summed E-state index contributed by atoms with van der Waals surface area (Å²) in [6.07, 6.45) is 1.30. The van der Waals surface area contributed by atoms with Crippen molar-refractivity contribution in [1.82, 2.24) is 15.2 Å². The van der Waals surface area contributed by atoms with Crippen molar-refractivity contribution in [1.29, 1.82) is 0 Å². The van der Waals surface area contributed by atoms with E-state index in [-0.39, 0.29) is 23.0 Å². The van der Waals surface area contributed by atoms with Gasteiger partial charge in [0.15, 0.2) is 0 Å². The van der Waals surface area contributed by atoms with E-state index in [1.54, 1.807) is 13.0 Å². The van der Waals surface area contributed by atoms with Crippen LogP contribution in [0.2, 0.25) is 0 Å². The maximum Gasteiger partial charge on any atom is 0.322 e. The number of pyridine rings is 1. The van der Waals surface area contributed by atoms with Crippen LogP contribution in [0.1, 0.15) is 21.9 Å². The number of hydrogen-bond donors (Lipinski definition) is 2. The predicted octanol–water partition coefficient (Wildman–Crippen LogP) is 1.89. The van der Waals surface area contributed by atoms with Crippen molar-refractivity contribution in [3.8, 4) is 11.5 Å². The van der Waals surface area contributed by atoms with E-state index in [4.69, 9.17) is 8.83 Å². The summed E-state index contributed by atoms with van der Waals surface area (Å²) >= 11 is 0. The molecule has 2 N–H and O–H groups in total. The zero-order chi connectivity index (χ0) is 15.7. The monoisotopic (exact) mass is 300 g/mol. The molecule has 0 aliphatic heterocycles. The zero-order valence-electron chi connectivity index (χ0n) is 11.8. The van der Waals surface area contributed by atoms with Crippen molar-refractivity contribution in [2.45, 2.75) is 13.8 Å². The second kappa shape index (κ2) is 5.32. The molecule has 22 heavy (non-hydrogen) atoms. The van der Waals surface area contributed by atoms with Gasteiger partial charge in [0.25, 0.3) is 11.8 Å². The molecule has 8 heteroatoms. The van der Waals surface area contributed by atoms with Crippen LogP contribution in [0.15, 0.2) is 38.0 Å². The maximum absolute atomic E-state index is 12.0. The highest BCUT2D eigenvalue weighted by atomic mass is 16.4. The molecule has 3 aromatic heterocycles. The SMILES string of the molecule is Cc1cc(-c2nnc(NC(=O)c3ccc(=O)[nH]c3)o2)c(C)o1. The number of nitrogens with zero attached hydrogens (tertiary/aromatic N) is 2. The van der Waals surface area contributed by atoms with Crippen LogP contribution in [0.3, 0.4) is 0 Å². The zero-order valence-corrected chi connectivity index (χ0v) is 11.8. The molecule has 0 atom stereocenters. The van der Waals surface area contributed by atoms with Crippen LogP contribution in [0.5, 0.6) is 0 Å². The molecule has 3 aromatic rings. The summed E-state index contributed by atoms with van der Waals surface area (Å²) in [5.74, 6) is 1.17. The van der Waals surface area contributed by atoms with Crippen molar-refractivity contribution in [2.24, 2.45) is 0 Å². The minimum Gasteiger partial charge on any atom is -0.466 e. The number of anilines is 1. The van der Waals surface area contributed by atoms with Crippen LogP contribution in [0.25, 0.3) is 11.5 Å². The highest BCUT2D eigenvalue weighted by molar-refractivity contribution is 6.02. The van der Waals surface area contributed by atoms with E-state index < -0.39 is 5.91 Å². The Hall–Kier alpha value is -3.16. The van der Waals surface area contributed by atoms with Crippen molar-refractivity contribution in [3.05, 3.63) is 51.8 Å². The molecule has 0 aliphatic carbocycles. The Morgan fingerprint density at radius 1 is 1.23 bits per heavy atom. The molecule has 0 bridgehead atoms. The quantitative estimate of drug-likeness (QED) is 0.763. The molecular formula is C14H12N4O4. The average Bonchev–Trinajstić information content (AvgIpc) is 3.06. The lowest BCUT2D eigenvalue weighted by Gasteiger charge is -1.99. The molecule has 0 aromatic carbocycles. The lowest BCUT2D eigenvalue weighted by atomic mass is 10.2. The van der Waals surface area contributed by atoms with Crippen LogP contribution in [-0.2, 0) is 0 Å². The normalized spacial score (nSPS) is 10.6. The third-order valence-corrected chi connectivity index (χ3v) is 2.96. The average molecular weight is 300 g/mol. The fourth-order valence-corrected chi connectivity index (χ4v) is 1.95. The van der Waals surface area contributed by atoms with Crippen molar-refractivity contribution in [3.63, 3.8) is 0 Å². The molecule has 8 nitrogen and oxygen atoms in total. The summed E-state index contributed by atoms with van der Waals surface area (Å²) in [6.45, 7) is 3.59. The van der Waals surface area contributed by atoms with E-state index in [2.05, 4.69) is 20.5 Å². The Bertz CT molecular complexity index is 870. The van der Waals surface area contributed by atoms with Gasteiger partial charge < -0.3 is 13.8 Å². The number of amides is 1. The van der Waals surface area contributed by atoms with Gasteiger partial charge in [-0.25, -0.2) is 0 Å². The number of rotatable bonds is 3. The van der Waals surface area contributed by atoms with Gasteiger partial charge in [0.2, 0.25) is 5.56 Å². The highest BCUT2D eigenvalue weighted by Crippen LogP contribution is 2.26. The number of hydrogen-bond acceptors (Lipinski definition) is 6. The van der Waals surface area contributed by atoms with Crippen LogP contribution in [-0.4, -0.2) is 21.1 Å². The minimum atomic E-state index is -0.466. The first kappa shape index (κ1) is 13.8. The van der Waals surface area contributed by atoms with E-state index in [0.29, 0.717) is 11.3 Å². The number of carbonyl (C=O) groups is 1. The molecule has 3 heterocycles. The molecule has 0 unspecified atom stereocenters. The predicted molar refractivity (Wildman–Crippen MR) is 76.5 cm³/mol. The van der Waals surface area contributed by atoms with Crippen molar-refractivity contribution in [2.75, 3.05) is 5.32 Å². The summed E-state index contributed by atoms with van der Waals surface area (Å²) in [5.41, 5.74) is 0.659. The van der Waals surface area contributed by atoms with Gasteiger partial charge in [-0.1, -0.05) is 5.10 Å². The largest absolute Gasteiger partial charge is 0.466 e. The standard InChI is InChI=1S/C14H12N4O4/c1-7-5-10(8(2)21-7)13-17-18-14(22-13)16-12(20)9-3-4-11(19)15-6-9/h3-6H,1-2H3,(H,15,19)(H,16,18,20). The number of furan rings is 1. The molecule has 0 saturated carbocycles. The summed E-state index contributed by atoms with van der Waals surface area (Å²) in [6, 6.07) is 4.39. The lowest BCUT2D eigenvalue weighted by Crippen LogP contribution is -2.14. The topological polar surface area (TPSA) is 114 Å². The Labute approximate surface area is 124 Å². The smallest absolute Gasteiger partial charge is 0.322 e. The van der Waals surface area contributed by atoms with E-state index in [1.165, 1.54) is 18.3 Å². The van der Waals surface area contributed by atoms with Gasteiger partial charge in [-0.05, 0) is 26.0 Å². The second-order valence-electron chi connectivity index (χ2n) is 4.64. The fraction of sp³-hybridized carbons (Fsp3) is 0.143. The minimum absolute atomic E-state index is 0.0375. The van der Waals surface area contributed by atoms with Gasteiger partial charge in [-0.2, -0.15) is 0 Å². The highest BCUT2D eigenvalue weighted by Gasteiger charge is 2.16. The van der Waals surface area contributed by atoms with Crippen molar-refractivity contribution >= 4 is 11.9 Å². The molecule has 0 aliphatic rings. The number of carbonyl (C=O) groups excluding carboxylic acids is 1. The van der Waals surface area contributed by atoms with Gasteiger partial charge in [0.05, 0.1) is 11.1 Å². The molecule has 112 valence electrons. The van der Waals surface area contributed by atoms with E-state index in [1.807, 2.05) is 6.92 Å². The van der Waals surface area contributed by atoms with Gasteiger partial charge in [0, 0.05) is 12.3 Å². The number of H-pyrrole nitrogens is 1. The maximum atomic E-state index is 12.0. The first-order chi connectivity index (χ1) is 10.5. The van der Waals surface area contributed by atoms with E-state index >= 15 is 0 Å². The number of aromatic nitrogens is 3. The molecular weight excluding hydrogens is 288 g/mol. The molecule has 3 rings (SSSR count). The van der Waals surface area contributed by atoms with Gasteiger partial charge in [0.1, 0.15) is 11.5 Å². The Morgan fingerprint density at radius 2 is 2.05 bits per heavy atom. The fourth-order valence-electron chi connectivity index (χ4n) is 1.95. The Kier molecular flexibility index (Phi) is 3.34. The van der Waals surface area contributed by atoms with Gasteiger partial charge in [-0.15, -0.1) is 5.10 Å². The Morgan fingerprint density at radius 3 is 2.68 bits per heavy atom. The van der Waals surface area contributed by atoms with Crippen LogP contribution in [0.4, 0.5) is 6.01 Å². The third-order valence-electron chi connectivity index (χ3n) is 2.96. The number of nitrogens with one attached hydrogen (secondary N) is 2. The molecule has 0 radical (unpaired) electrons. The van der Waals surface area contributed by atoms with E-state index in [9.17, 15) is 9.59 Å². The first-order valence-electron chi connectivity index (χ1n) is 6.44. The number of aryl methyl sites for hydroxylation is 2. The summed E-state index contributed by atoms with van der Waals surface area (Å²) < 4.78 is 10.8. The number of aromatic amines is 1. The van der Waals surface area contributed by atoms with Crippen molar-refractivity contribution < 1.29 is 13.6 Å². The molecule has 0 spiro atoms. The molecule has 0 fully saturated rings. The Balaban J connectivity index is 1.79. The van der Waals surface area contributed by atoms with Gasteiger partial charge >= 0.3 is 6.01 Å². The third kappa shape index (κ3) is 2.66. The lowest BCUT2D eigenvalue weighted by molar-refractivity contribution is 0.102. The van der Waals surface area contributed by atoms with Crippen LogP contribution < -0.4 is 10.9 Å². The molecule has 0 saturated heterocycles. The summed E-state index contributed by atoms with van der Waals surface area (Å²) in [4.78, 5) is 25.3. The van der Waals surface area contributed by atoms with Crippen LogP contribution >= 0.6 is 0 Å².